The average Bonchev–Trinajstić information content (AvgIpc) is 3.42. The number of para-hydroxylation sites is 1. The van der Waals surface area contributed by atoms with E-state index in [1.807, 2.05) is 6.07 Å². The first-order valence-electron chi connectivity index (χ1n) is 9.97. The van der Waals surface area contributed by atoms with Crippen LogP contribution in [0.3, 0.4) is 0 Å². The molecule has 2 aromatic rings. The molecule has 30 heavy (non-hydrogen) atoms. The zero-order valence-electron chi connectivity index (χ0n) is 15.8. The van der Waals surface area contributed by atoms with Gasteiger partial charge in [-0.2, -0.15) is 0 Å². The lowest BCUT2D eigenvalue weighted by Crippen LogP contribution is -2.54. The van der Waals surface area contributed by atoms with Crippen LogP contribution in [0.25, 0.3) is 0 Å². The molecular formula is C22H17Cl2N3O3. The van der Waals surface area contributed by atoms with E-state index in [9.17, 15) is 14.4 Å². The molecule has 0 aromatic heterocycles. The summed E-state index contributed by atoms with van der Waals surface area (Å²) in [6, 6.07) is 11.8. The van der Waals surface area contributed by atoms with Crippen LogP contribution in [0.1, 0.15) is 18.4 Å². The third-order valence-electron chi connectivity index (χ3n) is 7.06. The normalized spacial score (nSPS) is 32.0. The molecule has 0 radical (unpaired) electrons. The topological polar surface area (TPSA) is 69.7 Å². The van der Waals surface area contributed by atoms with E-state index < -0.39 is 17.4 Å². The largest absolute Gasteiger partial charge is 0.323 e. The maximum absolute atomic E-state index is 13.7. The van der Waals surface area contributed by atoms with E-state index in [0.29, 0.717) is 33.5 Å². The van der Waals surface area contributed by atoms with Crippen LogP contribution < -0.4 is 10.2 Å². The summed E-state index contributed by atoms with van der Waals surface area (Å²) in [6.45, 7) is 0.665. The van der Waals surface area contributed by atoms with Gasteiger partial charge in [0.25, 0.3) is 5.91 Å². The Morgan fingerprint density at radius 2 is 1.77 bits per heavy atom. The molecule has 4 aliphatic rings. The third kappa shape index (κ3) is 2.02. The second-order valence-electron chi connectivity index (χ2n) is 8.28. The summed E-state index contributed by atoms with van der Waals surface area (Å²) in [5.74, 6) is -2.21. The summed E-state index contributed by atoms with van der Waals surface area (Å²) in [6.07, 6.45) is 1.65. The van der Waals surface area contributed by atoms with Crippen LogP contribution >= 0.6 is 23.2 Å². The zero-order chi connectivity index (χ0) is 20.8. The van der Waals surface area contributed by atoms with Gasteiger partial charge in [0.05, 0.1) is 28.2 Å². The summed E-state index contributed by atoms with van der Waals surface area (Å²) < 4.78 is 0. The number of hydrogen-bond donors (Lipinski definition) is 1. The van der Waals surface area contributed by atoms with Gasteiger partial charge >= 0.3 is 0 Å². The van der Waals surface area contributed by atoms with E-state index in [1.54, 1.807) is 36.4 Å². The Balaban J connectivity index is 1.56. The van der Waals surface area contributed by atoms with E-state index in [-0.39, 0.29) is 23.8 Å². The fraction of sp³-hybridized carbons (Fsp3) is 0.318. The van der Waals surface area contributed by atoms with Crippen molar-refractivity contribution in [3.8, 4) is 0 Å². The van der Waals surface area contributed by atoms with Gasteiger partial charge in [0.15, 0.2) is 0 Å². The molecule has 6 rings (SSSR count). The first kappa shape index (κ1) is 18.4. The molecule has 4 aliphatic heterocycles. The first-order chi connectivity index (χ1) is 14.5. The summed E-state index contributed by atoms with van der Waals surface area (Å²) in [7, 11) is 0. The predicted molar refractivity (Wildman–Crippen MR) is 112 cm³/mol. The molecule has 0 aliphatic carbocycles. The number of amides is 3. The molecule has 0 unspecified atom stereocenters. The summed E-state index contributed by atoms with van der Waals surface area (Å²) in [5.41, 5.74) is 0.507. The van der Waals surface area contributed by atoms with Crippen molar-refractivity contribution in [2.75, 3.05) is 16.8 Å². The molecule has 3 saturated heterocycles. The molecule has 0 saturated carbocycles. The second kappa shape index (κ2) is 6.06. The van der Waals surface area contributed by atoms with Crippen molar-refractivity contribution in [3.63, 3.8) is 0 Å². The van der Waals surface area contributed by atoms with Crippen molar-refractivity contribution in [3.05, 3.63) is 58.1 Å². The lowest BCUT2D eigenvalue weighted by Gasteiger charge is -2.36. The lowest BCUT2D eigenvalue weighted by atomic mass is 9.75. The number of hydrogen-bond acceptors (Lipinski definition) is 4. The smallest absolute Gasteiger partial charge is 0.250 e. The monoisotopic (exact) mass is 441 g/mol. The minimum Gasteiger partial charge on any atom is -0.323 e. The molecule has 1 spiro atoms. The van der Waals surface area contributed by atoms with E-state index in [4.69, 9.17) is 23.2 Å². The number of carbonyl (C=O) groups is 3. The van der Waals surface area contributed by atoms with Crippen LogP contribution in [0.15, 0.2) is 42.5 Å². The quantitative estimate of drug-likeness (QED) is 0.688. The number of imide groups is 1. The van der Waals surface area contributed by atoms with Crippen molar-refractivity contribution in [2.24, 2.45) is 11.8 Å². The van der Waals surface area contributed by atoms with Gasteiger partial charge in [0.2, 0.25) is 11.8 Å². The molecule has 3 fully saturated rings. The Morgan fingerprint density at radius 1 is 1.00 bits per heavy atom. The van der Waals surface area contributed by atoms with Crippen molar-refractivity contribution >= 4 is 52.3 Å². The molecule has 152 valence electrons. The minimum atomic E-state index is -1.21. The molecule has 3 amide bonds. The van der Waals surface area contributed by atoms with Crippen LogP contribution in [0, 0.1) is 11.8 Å². The number of benzene rings is 2. The minimum absolute atomic E-state index is 0.153. The molecule has 1 N–H and O–H groups in total. The van der Waals surface area contributed by atoms with Gasteiger partial charge in [-0.15, -0.1) is 0 Å². The van der Waals surface area contributed by atoms with Gasteiger partial charge in [-0.1, -0.05) is 35.3 Å². The third-order valence-corrected chi connectivity index (χ3v) is 7.63. The highest BCUT2D eigenvalue weighted by molar-refractivity contribution is 6.35. The molecular weight excluding hydrogens is 425 g/mol. The molecule has 4 atom stereocenters. The highest BCUT2D eigenvalue weighted by atomic mass is 35.5. The van der Waals surface area contributed by atoms with Crippen LogP contribution in [0.5, 0.6) is 0 Å². The fourth-order valence-electron chi connectivity index (χ4n) is 6.04. The molecule has 6 nitrogen and oxygen atoms in total. The second-order valence-corrected chi connectivity index (χ2v) is 9.12. The Kier molecular flexibility index (Phi) is 3.71. The standard InChI is InChI=1S/C22H17Cl2N3O3/c23-11-6-8-12(9-7-11)27-19(28)16-15-5-2-10-26(15)22(17(16)20(27)29)13-3-1-4-14(24)18(13)25-21(22)30/h1,3-4,6-9,15-17H,2,5,10H2,(H,25,30)/t15-,16-,17+,22-/m1/s1. The van der Waals surface area contributed by atoms with Crippen molar-refractivity contribution in [1.82, 2.24) is 4.90 Å². The van der Waals surface area contributed by atoms with Crippen LogP contribution in [-0.4, -0.2) is 35.2 Å². The highest BCUT2D eigenvalue weighted by Gasteiger charge is 2.74. The van der Waals surface area contributed by atoms with Gasteiger partial charge < -0.3 is 5.32 Å². The Morgan fingerprint density at radius 3 is 2.53 bits per heavy atom. The SMILES string of the molecule is O=C1[C@@H]2[C@H]3CCCN3[C@@]3(C(=O)Nc4c(Cl)cccc43)[C@@H]2C(=O)N1c1ccc(Cl)cc1. The van der Waals surface area contributed by atoms with Crippen LogP contribution in [0.4, 0.5) is 11.4 Å². The average molecular weight is 442 g/mol. The van der Waals surface area contributed by atoms with E-state index in [1.165, 1.54) is 4.90 Å². The van der Waals surface area contributed by atoms with E-state index >= 15 is 0 Å². The number of carbonyl (C=O) groups excluding carboxylic acids is 3. The maximum atomic E-state index is 13.7. The molecule has 4 heterocycles. The number of nitrogens with one attached hydrogen (secondary N) is 1. The van der Waals surface area contributed by atoms with Crippen LogP contribution in [-0.2, 0) is 19.9 Å². The van der Waals surface area contributed by atoms with Crippen LogP contribution in [0.2, 0.25) is 10.0 Å². The first-order valence-corrected chi connectivity index (χ1v) is 10.7. The van der Waals surface area contributed by atoms with Gasteiger partial charge in [-0.25, -0.2) is 4.90 Å². The molecule has 8 heteroatoms. The van der Waals surface area contributed by atoms with Gasteiger partial charge in [-0.3, -0.25) is 19.3 Å². The van der Waals surface area contributed by atoms with E-state index in [0.717, 1.165) is 12.8 Å². The van der Waals surface area contributed by atoms with Crippen molar-refractivity contribution in [1.29, 1.82) is 0 Å². The number of rotatable bonds is 1. The Bertz CT molecular complexity index is 1130. The van der Waals surface area contributed by atoms with Gasteiger partial charge in [0.1, 0.15) is 5.54 Å². The highest BCUT2D eigenvalue weighted by Crippen LogP contribution is 2.61. The van der Waals surface area contributed by atoms with E-state index in [2.05, 4.69) is 10.2 Å². The summed E-state index contributed by atoms with van der Waals surface area (Å²) >= 11 is 12.4. The Labute approximate surface area is 182 Å². The fourth-order valence-corrected chi connectivity index (χ4v) is 6.39. The summed E-state index contributed by atoms with van der Waals surface area (Å²) in [5, 5.41) is 3.87. The zero-order valence-corrected chi connectivity index (χ0v) is 17.3. The predicted octanol–water partition coefficient (Wildman–Crippen LogP) is 3.42. The number of nitrogens with zero attached hydrogens (tertiary/aromatic N) is 2. The summed E-state index contributed by atoms with van der Waals surface area (Å²) in [4.78, 5) is 44.1. The van der Waals surface area contributed by atoms with Crippen molar-refractivity contribution in [2.45, 2.75) is 24.4 Å². The number of anilines is 2. The van der Waals surface area contributed by atoms with Gasteiger partial charge in [0, 0.05) is 16.6 Å². The molecule has 0 bridgehead atoms. The van der Waals surface area contributed by atoms with Gasteiger partial charge in [-0.05, 0) is 49.7 Å². The Hall–Kier alpha value is -2.41. The maximum Gasteiger partial charge on any atom is 0.250 e. The number of halogens is 2. The van der Waals surface area contributed by atoms with Crippen molar-refractivity contribution < 1.29 is 14.4 Å². The molecule has 2 aromatic carbocycles. The number of fused-ring (bicyclic) bond motifs is 7. The lowest BCUT2D eigenvalue weighted by molar-refractivity contribution is -0.135.